The van der Waals surface area contributed by atoms with Crippen LogP contribution in [-0.4, -0.2) is 5.78 Å². The van der Waals surface area contributed by atoms with Crippen molar-refractivity contribution in [3.63, 3.8) is 0 Å². The van der Waals surface area contributed by atoms with Crippen molar-refractivity contribution in [2.45, 2.75) is 25.7 Å². The van der Waals surface area contributed by atoms with E-state index in [9.17, 15) is 4.79 Å². The molecule has 0 bridgehead atoms. The Morgan fingerprint density at radius 1 is 1.19 bits per heavy atom. The highest BCUT2D eigenvalue weighted by atomic mass is 16.1. The van der Waals surface area contributed by atoms with Crippen molar-refractivity contribution in [3.8, 4) is 12.3 Å². The first kappa shape index (κ1) is 10.7. The van der Waals surface area contributed by atoms with E-state index in [-0.39, 0.29) is 5.78 Å². The molecule has 0 aliphatic heterocycles. The fourth-order valence-electron chi connectivity index (χ4n) is 2.00. The highest BCUT2D eigenvalue weighted by Gasteiger charge is 2.14. The van der Waals surface area contributed by atoms with Crippen LogP contribution in [0.1, 0.15) is 36.8 Å². The summed E-state index contributed by atoms with van der Waals surface area (Å²) >= 11 is 0. The summed E-state index contributed by atoms with van der Waals surface area (Å²) in [6.45, 7) is 0. The SMILES string of the molecule is C#Cc1ccccc1C=C1CCCCC1=O. The van der Waals surface area contributed by atoms with Crippen LogP contribution in [0, 0.1) is 12.3 Å². The lowest BCUT2D eigenvalue weighted by Crippen LogP contribution is -2.08. The summed E-state index contributed by atoms with van der Waals surface area (Å²) in [7, 11) is 0. The van der Waals surface area contributed by atoms with Crippen molar-refractivity contribution < 1.29 is 4.79 Å². The maximum Gasteiger partial charge on any atom is 0.158 e. The minimum Gasteiger partial charge on any atom is -0.295 e. The van der Waals surface area contributed by atoms with Crippen molar-refractivity contribution in [3.05, 3.63) is 41.0 Å². The molecule has 1 fully saturated rings. The standard InChI is InChI=1S/C15H14O/c1-2-12-7-3-4-8-13(12)11-14-9-5-6-10-15(14)16/h1,3-4,7-8,11H,5-6,9-10H2. The number of Topliss-reactive ketones (excluding diaryl/α,β-unsaturated/α-hetero) is 1. The van der Waals surface area contributed by atoms with E-state index in [1.165, 1.54) is 0 Å². The highest BCUT2D eigenvalue weighted by molar-refractivity contribution is 6.00. The Balaban J connectivity index is 2.35. The van der Waals surface area contributed by atoms with E-state index in [0.29, 0.717) is 6.42 Å². The maximum atomic E-state index is 11.7. The fourth-order valence-corrected chi connectivity index (χ4v) is 2.00. The fraction of sp³-hybridized carbons (Fsp3) is 0.267. The predicted octanol–water partition coefficient (Wildman–Crippen LogP) is 3.19. The molecule has 0 N–H and O–H groups in total. The molecule has 16 heavy (non-hydrogen) atoms. The second kappa shape index (κ2) is 4.81. The first-order valence-corrected chi connectivity index (χ1v) is 5.60. The van der Waals surface area contributed by atoms with Crippen molar-refractivity contribution in [2.75, 3.05) is 0 Å². The first-order chi connectivity index (χ1) is 7.81. The van der Waals surface area contributed by atoms with Crippen LogP contribution < -0.4 is 0 Å². The monoisotopic (exact) mass is 210 g/mol. The van der Waals surface area contributed by atoms with E-state index in [1.807, 2.05) is 30.3 Å². The molecule has 0 spiro atoms. The van der Waals surface area contributed by atoms with E-state index in [2.05, 4.69) is 5.92 Å². The van der Waals surface area contributed by atoms with Crippen LogP contribution in [-0.2, 0) is 4.79 Å². The molecular weight excluding hydrogens is 196 g/mol. The molecule has 0 saturated heterocycles. The molecule has 1 aliphatic rings. The van der Waals surface area contributed by atoms with Gasteiger partial charge in [-0.15, -0.1) is 6.42 Å². The van der Waals surface area contributed by atoms with Crippen molar-refractivity contribution in [1.82, 2.24) is 0 Å². The largest absolute Gasteiger partial charge is 0.295 e. The topological polar surface area (TPSA) is 17.1 Å². The van der Waals surface area contributed by atoms with Gasteiger partial charge < -0.3 is 0 Å². The Hall–Kier alpha value is -1.81. The van der Waals surface area contributed by atoms with Crippen LogP contribution in [0.5, 0.6) is 0 Å². The van der Waals surface area contributed by atoms with E-state index in [1.54, 1.807) is 0 Å². The Kier molecular flexibility index (Phi) is 3.22. The molecule has 0 radical (unpaired) electrons. The minimum atomic E-state index is 0.276. The van der Waals surface area contributed by atoms with Crippen LogP contribution in [0.15, 0.2) is 29.8 Å². The highest BCUT2D eigenvalue weighted by Crippen LogP contribution is 2.23. The second-order valence-corrected chi connectivity index (χ2v) is 4.03. The lowest BCUT2D eigenvalue weighted by atomic mass is 9.91. The number of carbonyl (C=O) groups is 1. The zero-order chi connectivity index (χ0) is 11.4. The predicted molar refractivity (Wildman–Crippen MR) is 65.8 cm³/mol. The van der Waals surface area contributed by atoms with Gasteiger partial charge in [0.25, 0.3) is 0 Å². The zero-order valence-corrected chi connectivity index (χ0v) is 9.20. The molecule has 0 atom stereocenters. The van der Waals surface area contributed by atoms with Crippen molar-refractivity contribution >= 4 is 11.9 Å². The van der Waals surface area contributed by atoms with Gasteiger partial charge in [-0.25, -0.2) is 0 Å². The van der Waals surface area contributed by atoms with Crippen LogP contribution in [0.3, 0.4) is 0 Å². The third kappa shape index (κ3) is 2.23. The van der Waals surface area contributed by atoms with Gasteiger partial charge in [0, 0.05) is 12.0 Å². The molecule has 0 aromatic heterocycles. The number of ketones is 1. The number of benzene rings is 1. The molecule has 1 saturated carbocycles. The third-order valence-corrected chi connectivity index (χ3v) is 2.90. The van der Waals surface area contributed by atoms with Gasteiger partial charge in [0.05, 0.1) is 0 Å². The Bertz CT molecular complexity index is 474. The maximum absolute atomic E-state index is 11.7. The summed E-state index contributed by atoms with van der Waals surface area (Å²) in [4.78, 5) is 11.7. The van der Waals surface area contributed by atoms with Gasteiger partial charge in [-0.3, -0.25) is 4.79 Å². The minimum absolute atomic E-state index is 0.276. The Morgan fingerprint density at radius 2 is 1.94 bits per heavy atom. The normalized spacial score (nSPS) is 18.4. The average molecular weight is 210 g/mol. The average Bonchev–Trinajstić information content (AvgIpc) is 2.33. The van der Waals surface area contributed by atoms with Gasteiger partial charge in [-0.2, -0.15) is 0 Å². The summed E-state index contributed by atoms with van der Waals surface area (Å²) < 4.78 is 0. The van der Waals surface area contributed by atoms with Crippen LogP contribution in [0.25, 0.3) is 6.08 Å². The van der Waals surface area contributed by atoms with Crippen molar-refractivity contribution in [1.29, 1.82) is 0 Å². The molecule has 0 unspecified atom stereocenters. The van der Waals surface area contributed by atoms with Crippen LogP contribution >= 0.6 is 0 Å². The van der Waals surface area contributed by atoms with Crippen molar-refractivity contribution in [2.24, 2.45) is 0 Å². The third-order valence-electron chi connectivity index (χ3n) is 2.90. The summed E-state index contributed by atoms with van der Waals surface area (Å²) in [6, 6.07) is 7.73. The molecule has 2 rings (SSSR count). The van der Waals surface area contributed by atoms with E-state index >= 15 is 0 Å². The number of hydrogen-bond acceptors (Lipinski definition) is 1. The van der Waals surface area contributed by atoms with Crippen LogP contribution in [0.2, 0.25) is 0 Å². The van der Waals surface area contributed by atoms with Crippen LogP contribution in [0.4, 0.5) is 0 Å². The smallest absolute Gasteiger partial charge is 0.158 e. The molecular formula is C15H14O. The van der Waals surface area contributed by atoms with Gasteiger partial charge in [0.1, 0.15) is 0 Å². The molecule has 80 valence electrons. The summed E-state index contributed by atoms with van der Waals surface area (Å²) in [6.07, 6.45) is 11.1. The Morgan fingerprint density at radius 3 is 2.69 bits per heavy atom. The summed E-state index contributed by atoms with van der Waals surface area (Å²) in [5.74, 6) is 2.92. The lowest BCUT2D eigenvalue weighted by Gasteiger charge is -2.12. The lowest BCUT2D eigenvalue weighted by molar-refractivity contribution is -0.116. The quantitative estimate of drug-likeness (QED) is 0.514. The van der Waals surface area contributed by atoms with E-state index < -0.39 is 0 Å². The number of rotatable bonds is 1. The number of carbonyl (C=O) groups excluding carboxylic acids is 1. The molecule has 1 aromatic rings. The van der Waals surface area contributed by atoms with E-state index in [4.69, 9.17) is 6.42 Å². The zero-order valence-electron chi connectivity index (χ0n) is 9.20. The Labute approximate surface area is 96.2 Å². The van der Waals surface area contributed by atoms with E-state index in [0.717, 1.165) is 36.0 Å². The molecule has 1 aromatic carbocycles. The molecule has 0 amide bonds. The molecule has 1 nitrogen and oxygen atoms in total. The number of allylic oxidation sites excluding steroid dienone is 1. The summed E-state index contributed by atoms with van der Waals surface area (Å²) in [5, 5.41) is 0. The molecule has 0 heterocycles. The van der Waals surface area contributed by atoms with Gasteiger partial charge in [0.15, 0.2) is 5.78 Å². The van der Waals surface area contributed by atoms with Gasteiger partial charge >= 0.3 is 0 Å². The molecule has 1 heteroatoms. The number of hydrogen-bond donors (Lipinski definition) is 0. The molecule has 1 aliphatic carbocycles. The second-order valence-electron chi connectivity index (χ2n) is 4.03. The van der Waals surface area contributed by atoms with Gasteiger partial charge in [0.2, 0.25) is 0 Å². The van der Waals surface area contributed by atoms with Gasteiger partial charge in [-0.05, 0) is 42.5 Å². The van der Waals surface area contributed by atoms with Gasteiger partial charge in [-0.1, -0.05) is 24.1 Å². The first-order valence-electron chi connectivity index (χ1n) is 5.60. The summed E-state index contributed by atoms with van der Waals surface area (Å²) in [5.41, 5.74) is 2.76. The number of terminal acetylenes is 1.